The Morgan fingerprint density at radius 2 is 1.63 bits per heavy atom. The van der Waals surface area contributed by atoms with Gasteiger partial charge in [0.25, 0.3) is 10.0 Å². The van der Waals surface area contributed by atoms with Gasteiger partial charge in [-0.25, -0.2) is 8.42 Å². The molecule has 0 heterocycles. The molecule has 0 unspecified atom stereocenters. The van der Waals surface area contributed by atoms with Crippen LogP contribution in [0.3, 0.4) is 0 Å². The lowest BCUT2D eigenvalue weighted by Crippen LogP contribution is -2.52. The SMILES string of the molecule is CCCNC(=O)[C@H](CC)N(Cc1ccc(Cl)cc1Cl)C(=O)CN(c1ccc(OCC)cc1)S(=O)(=O)c1ccccc1. The lowest BCUT2D eigenvalue weighted by Gasteiger charge is -2.33. The lowest BCUT2D eigenvalue weighted by molar-refractivity contribution is -0.140. The average molecular weight is 621 g/mol. The fourth-order valence-corrected chi connectivity index (χ4v) is 6.15. The molecule has 0 spiro atoms. The maximum atomic E-state index is 14.1. The van der Waals surface area contributed by atoms with Crippen LogP contribution in [0.2, 0.25) is 10.0 Å². The standard InChI is InChI=1S/C30H35Cl2N3O5S/c1-4-18-33-30(37)28(5-2)34(20-22-12-13-23(31)19-27(22)32)29(36)21-35(24-14-16-25(17-15-24)40-6-3)41(38,39)26-10-8-7-9-11-26/h7-17,19,28H,4-6,18,20-21H2,1-3H3,(H,33,37)/t28-/m0/s1. The third kappa shape index (κ3) is 8.38. The van der Waals surface area contributed by atoms with E-state index in [-0.39, 0.29) is 23.0 Å². The average Bonchev–Trinajstić information content (AvgIpc) is 2.96. The van der Waals surface area contributed by atoms with Crippen molar-refractivity contribution in [3.05, 3.63) is 88.4 Å². The van der Waals surface area contributed by atoms with Crippen LogP contribution >= 0.6 is 23.2 Å². The highest BCUT2D eigenvalue weighted by atomic mass is 35.5. The van der Waals surface area contributed by atoms with E-state index < -0.39 is 28.5 Å². The van der Waals surface area contributed by atoms with Gasteiger partial charge in [-0.05, 0) is 73.9 Å². The summed E-state index contributed by atoms with van der Waals surface area (Å²) in [6, 6.07) is 18.4. The van der Waals surface area contributed by atoms with Crippen molar-refractivity contribution >= 4 is 50.7 Å². The summed E-state index contributed by atoms with van der Waals surface area (Å²) in [5, 5.41) is 3.62. The fourth-order valence-electron chi connectivity index (χ4n) is 4.24. The highest BCUT2D eigenvalue weighted by Gasteiger charge is 2.33. The van der Waals surface area contributed by atoms with Gasteiger partial charge in [-0.3, -0.25) is 13.9 Å². The van der Waals surface area contributed by atoms with E-state index in [0.29, 0.717) is 40.9 Å². The van der Waals surface area contributed by atoms with Crippen LogP contribution in [0.15, 0.2) is 77.7 Å². The number of anilines is 1. The number of benzene rings is 3. The number of ether oxygens (including phenoxy) is 1. The number of hydrogen-bond donors (Lipinski definition) is 1. The third-order valence-corrected chi connectivity index (χ3v) is 8.71. The van der Waals surface area contributed by atoms with Crippen LogP contribution in [0.1, 0.15) is 39.2 Å². The summed E-state index contributed by atoms with van der Waals surface area (Å²) in [6.45, 7) is 5.90. The second-order valence-corrected chi connectivity index (χ2v) is 11.9. The van der Waals surface area contributed by atoms with Gasteiger partial charge >= 0.3 is 0 Å². The van der Waals surface area contributed by atoms with Crippen LogP contribution in [-0.4, -0.2) is 50.9 Å². The molecule has 0 aliphatic carbocycles. The van der Waals surface area contributed by atoms with Crippen molar-refractivity contribution in [1.29, 1.82) is 0 Å². The maximum absolute atomic E-state index is 14.1. The van der Waals surface area contributed by atoms with Crippen molar-refractivity contribution in [1.82, 2.24) is 10.2 Å². The first-order valence-corrected chi connectivity index (χ1v) is 15.6. The molecule has 0 aliphatic rings. The highest BCUT2D eigenvalue weighted by Crippen LogP contribution is 2.28. The molecule has 220 valence electrons. The molecule has 41 heavy (non-hydrogen) atoms. The molecule has 0 fully saturated rings. The molecule has 1 atom stereocenters. The summed E-state index contributed by atoms with van der Waals surface area (Å²) >= 11 is 12.5. The van der Waals surface area contributed by atoms with Gasteiger partial charge in [0.05, 0.1) is 17.2 Å². The van der Waals surface area contributed by atoms with Gasteiger partial charge in [-0.2, -0.15) is 0 Å². The zero-order valence-electron chi connectivity index (χ0n) is 23.3. The van der Waals surface area contributed by atoms with E-state index in [9.17, 15) is 18.0 Å². The van der Waals surface area contributed by atoms with Gasteiger partial charge < -0.3 is 15.0 Å². The molecule has 0 saturated heterocycles. The Morgan fingerprint density at radius 3 is 2.22 bits per heavy atom. The molecule has 2 amide bonds. The van der Waals surface area contributed by atoms with Gasteiger partial charge in [-0.15, -0.1) is 0 Å². The van der Waals surface area contributed by atoms with Crippen LogP contribution in [-0.2, 0) is 26.2 Å². The molecule has 1 N–H and O–H groups in total. The number of hydrogen-bond acceptors (Lipinski definition) is 5. The zero-order valence-corrected chi connectivity index (χ0v) is 25.7. The van der Waals surface area contributed by atoms with Crippen molar-refractivity contribution in [2.45, 2.75) is 51.1 Å². The molecule has 0 bridgehead atoms. The molecule has 3 rings (SSSR count). The van der Waals surface area contributed by atoms with Crippen LogP contribution in [0.25, 0.3) is 0 Å². The fraction of sp³-hybridized carbons (Fsp3) is 0.333. The minimum Gasteiger partial charge on any atom is -0.494 e. The van der Waals surface area contributed by atoms with Gasteiger partial charge in [0.15, 0.2) is 0 Å². The van der Waals surface area contributed by atoms with Gasteiger partial charge in [0, 0.05) is 23.1 Å². The number of carbonyl (C=O) groups is 2. The van der Waals surface area contributed by atoms with Crippen LogP contribution < -0.4 is 14.4 Å². The number of nitrogens with one attached hydrogen (secondary N) is 1. The second kappa shape index (κ2) is 15.1. The molecule has 0 radical (unpaired) electrons. The number of carbonyl (C=O) groups excluding carboxylic acids is 2. The van der Waals surface area contributed by atoms with E-state index in [0.717, 1.165) is 10.7 Å². The smallest absolute Gasteiger partial charge is 0.264 e. The topological polar surface area (TPSA) is 96.0 Å². The van der Waals surface area contributed by atoms with Crippen molar-refractivity contribution in [2.24, 2.45) is 0 Å². The molecule has 3 aromatic rings. The van der Waals surface area contributed by atoms with E-state index in [1.165, 1.54) is 17.0 Å². The predicted molar refractivity (Wildman–Crippen MR) is 163 cm³/mol. The zero-order chi connectivity index (χ0) is 30.0. The summed E-state index contributed by atoms with van der Waals surface area (Å²) in [5.41, 5.74) is 0.850. The maximum Gasteiger partial charge on any atom is 0.264 e. The molecular formula is C30H35Cl2N3O5S. The molecule has 8 nitrogen and oxygen atoms in total. The second-order valence-electron chi connectivity index (χ2n) is 9.22. The van der Waals surface area contributed by atoms with Gasteiger partial charge in [-0.1, -0.05) is 61.3 Å². The Balaban J connectivity index is 2.06. The van der Waals surface area contributed by atoms with Crippen LogP contribution in [0.5, 0.6) is 5.75 Å². The van der Waals surface area contributed by atoms with Gasteiger partial charge in [0.2, 0.25) is 11.8 Å². The summed E-state index contributed by atoms with van der Waals surface area (Å²) in [4.78, 5) is 28.7. The summed E-state index contributed by atoms with van der Waals surface area (Å²) in [6.07, 6.45) is 1.03. The van der Waals surface area contributed by atoms with Crippen molar-refractivity contribution in [2.75, 3.05) is 24.0 Å². The largest absolute Gasteiger partial charge is 0.494 e. The minimum atomic E-state index is -4.16. The highest BCUT2D eigenvalue weighted by molar-refractivity contribution is 7.92. The number of sulfonamides is 1. The Kier molecular flexibility index (Phi) is 11.9. The van der Waals surface area contributed by atoms with Crippen LogP contribution in [0, 0.1) is 0 Å². The summed E-state index contributed by atoms with van der Waals surface area (Å²) in [5.74, 6) is -0.327. The van der Waals surface area contributed by atoms with E-state index in [2.05, 4.69) is 5.32 Å². The Morgan fingerprint density at radius 1 is 0.951 bits per heavy atom. The third-order valence-electron chi connectivity index (χ3n) is 6.34. The molecule has 0 aliphatic heterocycles. The molecular weight excluding hydrogens is 585 g/mol. The normalized spacial score (nSPS) is 11.9. The Hall–Kier alpha value is -3.27. The van der Waals surface area contributed by atoms with E-state index in [1.54, 1.807) is 67.6 Å². The quantitative estimate of drug-likeness (QED) is 0.242. The Labute approximate surface area is 252 Å². The van der Waals surface area contributed by atoms with E-state index in [4.69, 9.17) is 27.9 Å². The minimum absolute atomic E-state index is 0.0185. The first-order chi connectivity index (χ1) is 19.6. The first kappa shape index (κ1) is 32.2. The lowest BCUT2D eigenvalue weighted by atomic mass is 10.1. The van der Waals surface area contributed by atoms with Crippen LogP contribution in [0.4, 0.5) is 5.69 Å². The molecule has 0 saturated carbocycles. The van der Waals surface area contributed by atoms with E-state index in [1.807, 2.05) is 13.8 Å². The summed E-state index contributed by atoms with van der Waals surface area (Å²) < 4.78 is 34.3. The number of halogens is 2. The first-order valence-electron chi connectivity index (χ1n) is 13.4. The predicted octanol–water partition coefficient (Wildman–Crippen LogP) is 5.92. The van der Waals surface area contributed by atoms with Crippen molar-refractivity contribution < 1.29 is 22.7 Å². The molecule has 3 aromatic carbocycles. The van der Waals surface area contributed by atoms with Crippen molar-refractivity contribution in [3.8, 4) is 5.75 Å². The summed E-state index contributed by atoms with van der Waals surface area (Å²) in [7, 11) is -4.16. The number of rotatable bonds is 14. The van der Waals surface area contributed by atoms with Gasteiger partial charge in [0.1, 0.15) is 18.3 Å². The Bertz CT molecular complexity index is 1420. The monoisotopic (exact) mass is 619 g/mol. The van der Waals surface area contributed by atoms with E-state index >= 15 is 0 Å². The number of amides is 2. The van der Waals surface area contributed by atoms with Crippen molar-refractivity contribution in [3.63, 3.8) is 0 Å². The number of nitrogens with zero attached hydrogens (tertiary/aromatic N) is 2. The molecule has 11 heteroatoms. The molecule has 0 aromatic heterocycles.